The maximum absolute atomic E-state index is 13.7. The zero-order valence-electron chi connectivity index (χ0n) is 21.8. The summed E-state index contributed by atoms with van der Waals surface area (Å²) in [6.45, 7) is 0.924. The van der Waals surface area contributed by atoms with Crippen LogP contribution in [0.5, 0.6) is 17.2 Å². The summed E-state index contributed by atoms with van der Waals surface area (Å²) in [6.07, 6.45) is 1.56. The molecule has 0 aromatic heterocycles. The third-order valence-corrected chi connectivity index (χ3v) is 10.3. The van der Waals surface area contributed by atoms with Crippen molar-refractivity contribution in [2.45, 2.75) is 22.6 Å². The van der Waals surface area contributed by atoms with Crippen LogP contribution in [0.1, 0.15) is 12.8 Å². The molecule has 13 heteroatoms. The molecular formula is C27H29N3O8S2. The van der Waals surface area contributed by atoms with Gasteiger partial charge in [-0.2, -0.15) is 4.31 Å². The lowest BCUT2D eigenvalue weighted by molar-refractivity contribution is -0.114. The number of carbonyl (C=O) groups excluding carboxylic acids is 1. The fraction of sp³-hybridized carbons (Fsp3) is 0.296. The molecule has 2 heterocycles. The minimum atomic E-state index is -4.18. The molecule has 2 aliphatic heterocycles. The monoisotopic (exact) mass is 587 g/mol. The summed E-state index contributed by atoms with van der Waals surface area (Å²) in [5.41, 5.74) is 0.299. The molecule has 1 N–H and O–H groups in total. The number of sulfonamides is 2. The number of carbonyl (C=O) groups is 1. The number of ether oxygens (including phenoxy) is 3. The zero-order chi connectivity index (χ0) is 28.3. The van der Waals surface area contributed by atoms with E-state index in [9.17, 15) is 21.6 Å². The van der Waals surface area contributed by atoms with Crippen LogP contribution in [0.2, 0.25) is 0 Å². The number of fused-ring (bicyclic) bond motifs is 1. The molecule has 1 saturated heterocycles. The van der Waals surface area contributed by atoms with Crippen molar-refractivity contribution >= 4 is 37.3 Å². The van der Waals surface area contributed by atoms with E-state index in [2.05, 4.69) is 5.32 Å². The summed E-state index contributed by atoms with van der Waals surface area (Å²) in [4.78, 5) is 13.4. The van der Waals surface area contributed by atoms with Crippen molar-refractivity contribution in [3.05, 3.63) is 66.7 Å². The molecule has 1 fully saturated rings. The van der Waals surface area contributed by atoms with Gasteiger partial charge in [0.15, 0.2) is 11.5 Å². The fourth-order valence-corrected chi connectivity index (χ4v) is 7.54. The number of amides is 1. The summed E-state index contributed by atoms with van der Waals surface area (Å²) in [5.74, 6) is 0.352. The van der Waals surface area contributed by atoms with Crippen LogP contribution in [0.3, 0.4) is 0 Å². The lowest BCUT2D eigenvalue weighted by Crippen LogP contribution is -2.38. The molecule has 2 aliphatic rings. The number of benzene rings is 3. The third-order valence-electron chi connectivity index (χ3n) is 6.58. The van der Waals surface area contributed by atoms with Gasteiger partial charge in [0.25, 0.3) is 10.0 Å². The van der Waals surface area contributed by atoms with Crippen molar-refractivity contribution in [1.29, 1.82) is 0 Å². The van der Waals surface area contributed by atoms with Gasteiger partial charge in [-0.15, -0.1) is 0 Å². The van der Waals surface area contributed by atoms with Crippen molar-refractivity contribution in [3.8, 4) is 17.2 Å². The molecule has 3 aromatic carbocycles. The number of methoxy groups -OCH3 is 1. The third kappa shape index (κ3) is 5.58. The van der Waals surface area contributed by atoms with Gasteiger partial charge in [-0.05, 0) is 55.3 Å². The number of hydrogen-bond acceptors (Lipinski definition) is 8. The quantitative estimate of drug-likeness (QED) is 0.404. The Morgan fingerprint density at radius 2 is 1.60 bits per heavy atom. The van der Waals surface area contributed by atoms with E-state index in [-0.39, 0.29) is 26.9 Å². The molecule has 0 unspecified atom stereocenters. The first-order chi connectivity index (χ1) is 19.2. The highest BCUT2D eigenvalue weighted by molar-refractivity contribution is 7.92. The van der Waals surface area contributed by atoms with Crippen molar-refractivity contribution in [3.63, 3.8) is 0 Å². The Kier molecular flexibility index (Phi) is 7.88. The van der Waals surface area contributed by atoms with Crippen LogP contribution in [-0.2, 0) is 24.8 Å². The van der Waals surface area contributed by atoms with Crippen molar-refractivity contribution < 1.29 is 35.8 Å². The highest BCUT2D eigenvalue weighted by atomic mass is 32.2. The van der Waals surface area contributed by atoms with E-state index in [1.54, 1.807) is 24.3 Å². The molecule has 0 spiro atoms. The maximum Gasteiger partial charge on any atom is 0.264 e. The Morgan fingerprint density at radius 3 is 2.30 bits per heavy atom. The average Bonchev–Trinajstić information content (AvgIpc) is 3.52. The van der Waals surface area contributed by atoms with Gasteiger partial charge >= 0.3 is 0 Å². The largest absolute Gasteiger partial charge is 0.495 e. The predicted octanol–water partition coefficient (Wildman–Crippen LogP) is 3.08. The van der Waals surface area contributed by atoms with E-state index < -0.39 is 32.5 Å². The number of nitrogens with one attached hydrogen (secondary N) is 1. The second-order valence-electron chi connectivity index (χ2n) is 9.17. The minimum Gasteiger partial charge on any atom is -0.495 e. The SMILES string of the molecule is COc1ccc(S(=O)(=O)N2CCCC2)cc1NC(=O)CN(c1ccc2c(c1)OCCO2)S(=O)(=O)c1ccccc1. The second-order valence-corrected chi connectivity index (χ2v) is 13.0. The molecule has 0 aliphatic carbocycles. The van der Waals surface area contributed by atoms with E-state index in [1.807, 2.05) is 0 Å². The van der Waals surface area contributed by atoms with Crippen LogP contribution in [0.4, 0.5) is 11.4 Å². The van der Waals surface area contributed by atoms with Gasteiger partial charge in [-0.25, -0.2) is 16.8 Å². The predicted molar refractivity (Wildman–Crippen MR) is 148 cm³/mol. The van der Waals surface area contributed by atoms with Crippen molar-refractivity contribution in [2.75, 3.05) is 49.6 Å². The first-order valence-electron chi connectivity index (χ1n) is 12.7. The molecule has 11 nitrogen and oxygen atoms in total. The van der Waals surface area contributed by atoms with Gasteiger partial charge in [-0.1, -0.05) is 18.2 Å². The fourth-order valence-electron chi connectivity index (χ4n) is 4.56. The Bertz CT molecular complexity index is 1610. The number of nitrogens with zero attached hydrogens (tertiary/aromatic N) is 2. The summed E-state index contributed by atoms with van der Waals surface area (Å²) in [7, 11) is -6.56. The van der Waals surface area contributed by atoms with Gasteiger partial charge in [-0.3, -0.25) is 9.10 Å². The molecule has 40 heavy (non-hydrogen) atoms. The van der Waals surface area contributed by atoms with E-state index >= 15 is 0 Å². The molecule has 5 rings (SSSR count). The molecule has 1 amide bonds. The van der Waals surface area contributed by atoms with Crippen molar-refractivity contribution in [1.82, 2.24) is 4.31 Å². The maximum atomic E-state index is 13.7. The van der Waals surface area contributed by atoms with Crippen LogP contribution >= 0.6 is 0 Å². The molecule has 3 aromatic rings. The molecule has 0 atom stereocenters. The van der Waals surface area contributed by atoms with E-state index in [0.29, 0.717) is 37.8 Å². The highest BCUT2D eigenvalue weighted by Crippen LogP contribution is 2.36. The summed E-state index contributed by atoms with van der Waals surface area (Å²) < 4.78 is 72.5. The minimum absolute atomic E-state index is 0.00558. The smallest absolute Gasteiger partial charge is 0.264 e. The first kappa shape index (κ1) is 27.7. The lowest BCUT2D eigenvalue weighted by Gasteiger charge is -2.26. The standard InChI is InChI=1S/C27H29N3O8S2/c1-36-24-12-10-22(39(32,33)29-13-5-6-14-29)18-23(24)28-27(31)19-30(40(34,35)21-7-3-2-4-8-21)20-9-11-25-26(17-20)38-16-15-37-25/h2-4,7-12,17-18H,5-6,13-16,19H2,1H3,(H,28,31). The Labute approximate surface area is 233 Å². The summed E-state index contributed by atoms with van der Waals surface area (Å²) in [6, 6.07) is 16.6. The topological polar surface area (TPSA) is 132 Å². The molecular weight excluding hydrogens is 558 g/mol. The number of rotatable bonds is 9. The van der Waals surface area contributed by atoms with Crippen molar-refractivity contribution in [2.24, 2.45) is 0 Å². The van der Waals surface area contributed by atoms with Crippen LogP contribution < -0.4 is 23.8 Å². The second kappa shape index (κ2) is 11.4. The normalized spacial score (nSPS) is 15.4. The molecule has 0 bridgehead atoms. The van der Waals surface area contributed by atoms with Gasteiger partial charge in [0.05, 0.1) is 28.3 Å². The number of anilines is 2. The molecule has 0 radical (unpaired) electrons. The van der Waals surface area contributed by atoms with Crippen LogP contribution in [0.25, 0.3) is 0 Å². The molecule has 212 valence electrons. The van der Waals surface area contributed by atoms with E-state index in [1.165, 1.54) is 53.9 Å². The first-order valence-corrected chi connectivity index (χ1v) is 15.5. The van der Waals surface area contributed by atoms with Crippen LogP contribution in [0.15, 0.2) is 76.5 Å². The summed E-state index contributed by atoms with van der Waals surface area (Å²) in [5, 5.41) is 2.64. The van der Waals surface area contributed by atoms with E-state index in [4.69, 9.17) is 14.2 Å². The van der Waals surface area contributed by atoms with Gasteiger partial charge in [0.2, 0.25) is 15.9 Å². The van der Waals surface area contributed by atoms with Gasteiger partial charge < -0.3 is 19.5 Å². The summed E-state index contributed by atoms with van der Waals surface area (Å²) >= 11 is 0. The van der Waals surface area contributed by atoms with Gasteiger partial charge in [0, 0.05) is 19.2 Å². The average molecular weight is 588 g/mol. The Balaban J connectivity index is 1.47. The zero-order valence-corrected chi connectivity index (χ0v) is 23.4. The van der Waals surface area contributed by atoms with Crippen LogP contribution in [-0.4, -0.2) is 67.0 Å². The van der Waals surface area contributed by atoms with Gasteiger partial charge in [0.1, 0.15) is 25.5 Å². The Hall–Kier alpha value is -3.81. The highest BCUT2D eigenvalue weighted by Gasteiger charge is 2.30. The van der Waals surface area contributed by atoms with Crippen LogP contribution in [0, 0.1) is 0 Å². The van der Waals surface area contributed by atoms with E-state index in [0.717, 1.165) is 17.1 Å². The molecule has 0 saturated carbocycles. The Morgan fingerprint density at radius 1 is 0.900 bits per heavy atom. The number of hydrogen-bond donors (Lipinski definition) is 1. The lowest BCUT2D eigenvalue weighted by atomic mass is 10.2.